The van der Waals surface area contributed by atoms with Gasteiger partial charge in [-0.25, -0.2) is 9.97 Å². The van der Waals surface area contributed by atoms with Crippen LogP contribution in [0, 0.1) is 0 Å². The number of rotatable bonds is 5. The van der Waals surface area contributed by atoms with Crippen LogP contribution in [0.4, 0.5) is 0 Å². The van der Waals surface area contributed by atoms with Crippen molar-refractivity contribution in [3.8, 4) is 50.5 Å². The second-order valence-electron chi connectivity index (χ2n) is 12.6. The molecule has 0 unspecified atom stereocenters. The number of aromatic nitrogens is 3. The summed E-state index contributed by atoms with van der Waals surface area (Å²) in [6, 6.07) is 58.9. The first kappa shape index (κ1) is 28.6. The molecule has 10 aromatic rings. The largest absolute Gasteiger partial charge is 0.309 e. The molecule has 0 fully saturated rings. The first-order valence-corrected chi connectivity index (χ1v) is 17.6. The van der Waals surface area contributed by atoms with Crippen LogP contribution in [0.5, 0.6) is 0 Å². The highest BCUT2D eigenvalue weighted by Gasteiger charge is 2.23. The van der Waals surface area contributed by atoms with Crippen molar-refractivity contribution < 1.29 is 0 Å². The van der Waals surface area contributed by atoms with E-state index in [1.807, 2.05) is 29.8 Å². The van der Waals surface area contributed by atoms with Crippen LogP contribution in [-0.4, -0.2) is 14.5 Å². The number of hydrogen-bond donors (Lipinski definition) is 0. The van der Waals surface area contributed by atoms with Crippen LogP contribution in [0.15, 0.2) is 176 Å². The van der Waals surface area contributed by atoms with Crippen molar-refractivity contribution in [2.45, 2.75) is 0 Å². The minimum absolute atomic E-state index is 0.747. The van der Waals surface area contributed by atoms with Crippen LogP contribution in [-0.2, 0) is 0 Å². The van der Waals surface area contributed by atoms with Crippen LogP contribution < -0.4 is 0 Å². The highest BCUT2D eigenvalue weighted by Crippen LogP contribution is 2.49. The Bertz CT molecular complexity index is 2820. The van der Waals surface area contributed by atoms with Gasteiger partial charge in [-0.05, 0) is 64.2 Å². The highest BCUT2D eigenvalue weighted by atomic mass is 32.1. The lowest BCUT2D eigenvalue weighted by atomic mass is 9.95. The summed E-state index contributed by atoms with van der Waals surface area (Å²) in [4.78, 5) is 9.31. The van der Waals surface area contributed by atoms with E-state index in [1.54, 1.807) is 0 Å². The molecule has 7 aromatic carbocycles. The molecular weight excluding hydrogens is 627 g/mol. The van der Waals surface area contributed by atoms with Gasteiger partial charge in [0.1, 0.15) is 0 Å². The Morgan fingerprint density at radius 2 is 1.06 bits per heavy atom. The Labute approximate surface area is 293 Å². The standard InChI is InChI=1S/C46H29N3S/c1-4-12-30(13-5-1)32-20-22-33(23-21-32)39-29-41-42(37-18-10-19-38(45(37)50-41)46-47-26-11-27-48-46)43-36-25-24-34(31-14-6-2-7-15-31)28-40(36)49(44(39)43)35-16-8-3-9-17-35/h1-29H. The van der Waals surface area contributed by atoms with E-state index in [0.717, 1.165) is 17.1 Å². The van der Waals surface area contributed by atoms with Gasteiger partial charge in [0.25, 0.3) is 0 Å². The van der Waals surface area contributed by atoms with Gasteiger partial charge in [-0.3, -0.25) is 0 Å². The number of para-hydroxylation sites is 1. The number of fused-ring (bicyclic) bond motifs is 7. The first-order chi connectivity index (χ1) is 24.8. The molecule has 0 aliphatic carbocycles. The van der Waals surface area contributed by atoms with Crippen LogP contribution in [0.2, 0.25) is 0 Å². The summed E-state index contributed by atoms with van der Waals surface area (Å²) in [6.07, 6.45) is 3.64. The molecule has 0 saturated heterocycles. The number of nitrogens with zero attached hydrogens (tertiary/aromatic N) is 3. The molecule has 3 nitrogen and oxygen atoms in total. The van der Waals surface area contributed by atoms with Crippen LogP contribution in [0.25, 0.3) is 92.4 Å². The summed E-state index contributed by atoms with van der Waals surface area (Å²) >= 11 is 1.83. The van der Waals surface area contributed by atoms with E-state index in [-0.39, 0.29) is 0 Å². The normalized spacial score (nSPS) is 11.6. The minimum atomic E-state index is 0.747. The number of benzene rings is 7. The van der Waals surface area contributed by atoms with Gasteiger partial charge in [0.15, 0.2) is 5.82 Å². The zero-order valence-electron chi connectivity index (χ0n) is 27.0. The maximum absolute atomic E-state index is 4.65. The van der Waals surface area contributed by atoms with E-state index < -0.39 is 0 Å². The maximum atomic E-state index is 4.65. The van der Waals surface area contributed by atoms with Crippen LogP contribution in [0.3, 0.4) is 0 Å². The van der Waals surface area contributed by atoms with Crippen molar-refractivity contribution in [3.63, 3.8) is 0 Å². The second-order valence-corrected chi connectivity index (χ2v) is 13.6. The van der Waals surface area contributed by atoms with E-state index >= 15 is 0 Å². The molecule has 0 saturated carbocycles. The quantitative estimate of drug-likeness (QED) is 0.185. The SMILES string of the molecule is c1ccc(-c2ccc(-c3cc4sc5c(-c6ncccn6)cccc5c4c4c5ccc(-c6ccccc6)cc5n(-c5ccccc5)c34)cc2)cc1. The smallest absolute Gasteiger partial charge is 0.160 e. The lowest BCUT2D eigenvalue weighted by Gasteiger charge is -2.13. The van der Waals surface area contributed by atoms with Crippen molar-refractivity contribution >= 4 is 53.3 Å². The molecule has 0 bridgehead atoms. The summed E-state index contributed by atoms with van der Waals surface area (Å²) in [7, 11) is 0. The van der Waals surface area contributed by atoms with Crippen molar-refractivity contribution in [2.75, 3.05) is 0 Å². The Balaban J connectivity index is 1.35. The second kappa shape index (κ2) is 11.7. The Hall–Kier alpha value is -6.36. The molecule has 0 amide bonds. The molecule has 0 aliphatic heterocycles. The summed E-state index contributed by atoms with van der Waals surface area (Å²) in [5.41, 5.74) is 11.8. The van der Waals surface area contributed by atoms with E-state index in [2.05, 4.69) is 172 Å². The Kier molecular flexibility index (Phi) is 6.68. The van der Waals surface area contributed by atoms with E-state index in [4.69, 9.17) is 0 Å². The maximum Gasteiger partial charge on any atom is 0.160 e. The van der Waals surface area contributed by atoms with Crippen LogP contribution >= 0.6 is 11.3 Å². The third-order valence-corrected chi connectivity index (χ3v) is 10.9. The fourth-order valence-electron chi connectivity index (χ4n) is 7.46. The molecule has 0 aliphatic rings. The van der Waals surface area contributed by atoms with Gasteiger partial charge < -0.3 is 4.57 Å². The number of hydrogen-bond acceptors (Lipinski definition) is 3. The first-order valence-electron chi connectivity index (χ1n) is 16.8. The summed E-state index contributed by atoms with van der Waals surface area (Å²) in [5, 5.41) is 5.00. The molecule has 234 valence electrons. The molecular formula is C46H29N3S. The molecule has 4 heteroatoms. The molecule has 3 aromatic heterocycles. The minimum Gasteiger partial charge on any atom is -0.309 e. The molecule has 3 heterocycles. The van der Waals surface area contributed by atoms with E-state index in [1.165, 1.54) is 75.4 Å². The predicted octanol–water partition coefficient (Wildman–Crippen LogP) is 12.6. The molecule has 0 radical (unpaired) electrons. The average Bonchev–Trinajstić information content (AvgIpc) is 3.74. The van der Waals surface area contributed by atoms with Gasteiger partial charge in [-0.15, -0.1) is 11.3 Å². The summed E-state index contributed by atoms with van der Waals surface area (Å²) < 4.78 is 4.93. The predicted molar refractivity (Wildman–Crippen MR) is 211 cm³/mol. The topological polar surface area (TPSA) is 30.7 Å². The fourth-order valence-corrected chi connectivity index (χ4v) is 8.72. The lowest BCUT2D eigenvalue weighted by molar-refractivity contribution is 1.18. The van der Waals surface area contributed by atoms with Crippen molar-refractivity contribution in [1.29, 1.82) is 0 Å². The molecule has 0 N–H and O–H groups in total. The van der Waals surface area contributed by atoms with Gasteiger partial charge in [-0.2, -0.15) is 0 Å². The van der Waals surface area contributed by atoms with E-state index in [9.17, 15) is 0 Å². The summed E-state index contributed by atoms with van der Waals surface area (Å²) in [6.45, 7) is 0. The third-order valence-electron chi connectivity index (χ3n) is 9.72. The molecule has 0 atom stereocenters. The highest BCUT2D eigenvalue weighted by molar-refractivity contribution is 7.26. The monoisotopic (exact) mass is 655 g/mol. The number of thiophene rings is 1. The zero-order valence-corrected chi connectivity index (χ0v) is 27.8. The average molecular weight is 656 g/mol. The zero-order chi connectivity index (χ0) is 33.0. The summed E-state index contributed by atoms with van der Waals surface area (Å²) in [5.74, 6) is 0.747. The van der Waals surface area contributed by atoms with Gasteiger partial charge >= 0.3 is 0 Å². The van der Waals surface area contributed by atoms with Crippen molar-refractivity contribution in [1.82, 2.24) is 14.5 Å². The Morgan fingerprint density at radius 3 is 1.78 bits per heavy atom. The third kappa shape index (κ3) is 4.57. The van der Waals surface area contributed by atoms with Crippen molar-refractivity contribution in [2.24, 2.45) is 0 Å². The van der Waals surface area contributed by atoms with Crippen molar-refractivity contribution in [3.05, 3.63) is 176 Å². The Morgan fingerprint density at radius 1 is 0.440 bits per heavy atom. The molecule has 50 heavy (non-hydrogen) atoms. The molecule has 0 spiro atoms. The fraction of sp³-hybridized carbons (Fsp3) is 0. The van der Waals surface area contributed by atoms with Gasteiger partial charge in [0.2, 0.25) is 0 Å². The molecule has 10 rings (SSSR count). The van der Waals surface area contributed by atoms with E-state index in [0.29, 0.717) is 0 Å². The van der Waals surface area contributed by atoms with Gasteiger partial charge in [0.05, 0.1) is 11.0 Å². The van der Waals surface area contributed by atoms with Gasteiger partial charge in [0, 0.05) is 60.2 Å². The lowest BCUT2D eigenvalue weighted by Crippen LogP contribution is -1.95. The van der Waals surface area contributed by atoms with Gasteiger partial charge in [-0.1, -0.05) is 127 Å². The van der Waals surface area contributed by atoms with Crippen LogP contribution in [0.1, 0.15) is 0 Å².